The van der Waals surface area contributed by atoms with Gasteiger partial charge >= 0.3 is 0 Å². The van der Waals surface area contributed by atoms with Crippen LogP contribution in [0.5, 0.6) is 5.75 Å². The van der Waals surface area contributed by atoms with Crippen LogP contribution >= 0.6 is 11.8 Å². The molecule has 4 heteroatoms. The smallest absolute Gasteiger partial charge is 0.214 e. The van der Waals surface area contributed by atoms with E-state index >= 15 is 0 Å². The van der Waals surface area contributed by atoms with Gasteiger partial charge in [0.05, 0.1) is 23.9 Å². The van der Waals surface area contributed by atoms with E-state index in [1.54, 1.807) is 18.9 Å². The number of methoxy groups -OCH3 is 1. The van der Waals surface area contributed by atoms with Gasteiger partial charge in [-0.15, -0.1) is 0 Å². The molecule has 1 N–H and O–H groups in total. The summed E-state index contributed by atoms with van der Waals surface area (Å²) in [5.41, 5.74) is 3.54. The third-order valence-electron chi connectivity index (χ3n) is 3.78. The Morgan fingerprint density at radius 2 is 1.95 bits per heavy atom. The minimum atomic E-state index is 0.886. The number of nitrogens with zero attached hydrogens (tertiary/aromatic N) is 1. The van der Waals surface area contributed by atoms with Crippen molar-refractivity contribution in [3.8, 4) is 5.75 Å². The van der Waals surface area contributed by atoms with Crippen molar-refractivity contribution in [1.82, 2.24) is 0 Å². The molecule has 0 unspecified atom stereocenters. The molecule has 1 aromatic heterocycles. The van der Waals surface area contributed by atoms with Crippen LogP contribution in [0.2, 0.25) is 0 Å². The van der Waals surface area contributed by atoms with E-state index in [9.17, 15) is 0 Å². The summed E-state index contributed by atoms with van der Waals surface area (Å²) < 4.78 is 7.49. The number of anilines is 2. The van der Waals surface area contributed by atoms with Crippen molar-refractivity contribution < 1.29 is 9.30 Å². The molecule has 0 radical (unpaired) electrons. The molecule has 4 rings (SSSR count). The molecule has 0 atom stereocenters. The normalized spacial score (nSPS) is 12.5. The Balaban J connectivity index is 1.92. The van der Waals surface area contributed by atoms with Gasteiger partial charge in [0.15, 0.2) is 6.20 Å². The van der Waals surface area contributed by atoms with Crippen molar-refractivity contribution in [1.29, 1.82) is 0 Å². The molecule has 1 aliphatic heterocycles. The van der Waals surface area contributed by atoms with Crippen LogP contribution in [-0.2, 0) is 7.05 Å². The lowest BCUT2D eigenvalue weighted by Gasteiger charge is -2.21. The van der Waals surface area contributed by atoms with Gasteiger partial charge in [0.25, 0.3) is 0 Å². The van der Waals surface area contributed by atoms with Crippen molar-refractivity contribution >= 4 is 34.0 Å². The second-order valence-electron chi connectivity index (χ2n) is 5.09. The summed E-state index contributed by atoms with van der Waals surface area (Å²) in [6.45, 7) is 0. The molecular weight excluding hydrogens is 280 g/mol. The Kier molecular flexibility index (Phi) is 2.79. The number of nitrogens with one attached hydrogen (secondary N) is 1. The molecule has 0 saturated carbocycles. The molecule has 3 nitrogen and oxygen atoms in total. The zero-order valence-electron chi connectivity index (χ0n) is 11.9. The van der Waals surface area contributed by atoms with E-state index in [1.165, 1.54) is 26.4 Å². The van der Waals surface area contributed by atoms with E-state index in [2.05, 4.69) is 59.5 Å². The standard InChI is InChI=1S/C17H14N2OS/c1-19-10-16-17(12-5-3-4-6-14(12)19)18-13-8-7-11(20-2)9-15(13)21-16/h3-10H,1-2H3/p+1. The SMILES string of the molecule is COc1ccc2c(c1)Sc1c[n+](C)c3ccccc3c1N2. The summed E-state index contributed by atoms with van der Waals surface area (Å²) in [5.74, 6) is 0.886. The first-order valence-electron chi connectivity index (χ1n) is 6.80. The predicted molar refractivity (Wildman–Crippen MR) is 85.5 cm³/mol. The topological polar surface area (TPSA) is 25.1 Å². The van der Waals surface area contributed by atoms with Gasteiger partial charge in [-0.25, -0.2) is 0 Å². The third-order valence-corrected chi connectivity index (χ3v) is 4.87. The number of aryl methyl sites for hydroxylation is 1. The number of para-hydroxylation sites is 1. The highest BCUT2D eigenvalue weighted by Crippen LogP contribution is 2.46. The van der Waals surface area contributed by atoms with Gasteiger partial charge in [0.2, 0.25) is 5.52 Å². The lowest BCUT2D eigenvalue weighted by atomic mass is 10.1. The van der Waals surface area contributed by atoms with E-state index in [0.717, 1.165) is 11.4 Å². The van der Waals surface area contributed by atoms with E-state index in [1.807, 2.05) is 6.07 Å². The summed E-state index contributed by atoms with van der Waals surface area (Å²) in [5, 5.41) is 4.81. The lowest BCUT2D eigenvalue weighted by molar-refractivity contribution is -0.646. The fourth-order valence-corrected chi connectivity index (χ4v) is 3.83. The molecule has 0 bridgehead atoms. The van der Waals surface area contributed by atoms with Crippen LogP contribution < -0.4 is 14.6 Å². The van der Waals surface area contributed by atoms with Gasteiger partial charge in [-0.1, -0.05) is 23.9 Å². The molecule has 21 heavy (non-hydrogen) atoms. The lowest BCUT2D eigenvalue weighted by Crippen LogP contribution is -2.29. The van der Waals surface area contributed by atoms with Crippen LogP contribution in [-0.4, -0.2) is 7.11 Å². The maximum Gasteiger partial charge on any atom is 0.214 e. The average molecular weight is 295 g/mol. The maximum absolute atomic E-state index is 5.32. The van der Waals surface area contributed by atoms with Gasteiger partial charge in [-0.3, -0.25) is 0 Å². The summed E-state index contributed by atoms with van der Waals surface area (Å²) in [4.78, 5) is 2.43. The highest BCUT2D eigenvalue weighted by Gasteiger charge is 2.22. The average Bonchev–Trinajstić information content (AvgIpc) is 2.53. The van der Waals surface area contributed by atoms with E-state index < -0.39 is 0 Å². The highest BCUT2D eigenvalue weighted by atomic mass is 32.2. The van der Waals surface area contributed by atoms with E-state index in [-0.39, 0.29) is 0 Å². The molecule has 2 heterocycles. The number of benzene rings is 2. The molecule has 2 aromatic carbocycles. The molecule has 104 valence electrons. The quantitative estimate of drug-likeness (QED) is 0.539. The van der Waals surface area contributed by atoms with Crippen molar-refractivity contribution in [2.24, 2.45) is 7.05 Å². The molecule has 1 aliphatic rings. The molecule has 3 aromatic rings. The van der Waals surface area contributed by atoms with Crippen molar-refractivity contribution in [3.05, 3.63) is 48.7 Å². The van der Waals surface area contributed by atoms with Gasteiger partial charge in [0.1, 0.15) is 17.7 Å². The van der Waals surface area contributed by atoms with Crippen LogP contribution in [0.3, 0.4) is 0 Å². The van der Waals surface area contributed by atoms with Crippen LogP contribution in [0.15, 0.2) is 58.5 Å². The maximum atomic E-state index is 5.32. The monoisotopic (exact) mass is 295 g/mol. The van der Waals surface area contributed by atoms with Gasteiger partial charge in [0, 0.05) is 11.0 Å². The second kappa shape index (κ2) is 4.67. The summed E-state index contributed by atoms with van der Waals surface area (Å²) in [7, 11) is 3.79. The number of pyridine rings is 1. The van der Waals surface area contributed by atoms with Crippen LogP contribution in [0.1, 0.15) is 0 Å². The molecule has 0 fully saturated rings. The number of fused-ring (bicyclic) bond motifs is 4. The van der Waals surface area contributed by atoms with E-state index in [4.69, 9.17) is 4.74 Å². The fraction of sp³-hybridized carbons (Fsp3) is 0.118. The van der Waals surface area contributed by atoms with Crippen molar-refractivity contribution in [2.45, 2.75) is 9.79 Å². The Hall–Kier alpha value is -2.20. The van der Waals surface area contributed by atoms with Crippen LogP contribution in [0.25, 0.3) is 10.9 Å². The number of hydrogen-bond acceptors (Lipinski definition) is 3. The number of ether oxygens (including phenoxy) is 1. The summed E-state index contributed by atoms with van der Waals surface area (Å²) in [6, 6.07) is 14.6. The van der Waals surface area contributed by atoms with E-state index in [0.29, 0.717) is 0 Å². The van der Waals surface area contributed by atoms with Crippen molar-refractivity contribution in [2.75, 3.05) is 12.4 Å². The van der Waals surface area contributed by atoms with Gasteiger partial charge in [-0.05, 0) is 24.3 Å². The molecular formula is C17H15N2OS+. The largest absolute Gasteiger partial charge is 0.497 e. The minimum absolute atomic E-state index is 0.886. The first-order chi connectivity index (χ1) is 10.3. The molecule has 0 amide bonds. The Bertz CT molecular complexity index is 861. The second-order valence-corrected chi connectivity index (χ2v) is 6.17. The third kappa shape index (κ3) is 1.94. The molecule has 0 spiro atoms. The van der Waals surface area contributed by atoms with Crippen LogP contribution in [0, 0.1) is 0 Å². The highest BCUT2D eigenvalue weighted by molar-refractivity contribution is 7.99. The Labute approximate surface area is 127 Å². The zero-order valence-corrected chi connectivity index (χ0v) is 12.7. The summed E-state index contributed by atoms with van der Waals surface area (Å²) >= 11 is 1.78. The van der Waals surface area contributed by atoms with Crippen molar-refractivity contribution in [3.63, 3.8) is 0 Å². The summed E-state index contributed by atoms with van der Waals surface area (Å²) in [6.07, 6.45) is 2.18. The fourth-order valence-electron chi connectivity index (χ4n) is 2.71. The number of aromatic nitrogens is 1. The predicted octanol–water partition coefficient (Wildman–Crippen LogP) is 3.88. The van der Waals surface area contributed by atoms with Gasteiger partial charge in [-0.2, -0.15) is 4.57 Å². The minimum Gasteiger partial charge on any atom is -0.497 e. The Morgan fingerprint density at radius 3 is 2.81 bits per heavy atom. The zero-order chi connectivity index (χ0) is 14.4. The molecule has 0 aliphatic carbocycles. The Morgan fingerprint density at radius 1 is 1.10 bits per heavy atom. The first-order valence-corrected chi connectivity index (χ1v) is 7.62. The number of rotatable bonds is 1. The van der Waals surface area contributed by atoms with Gasteiger partial charge < -0.3 is 10.1 Å². The van der Waals surface area contributed by atoms with Crippen LogP contribution in [0.4, 0.5) is 11.4 Å². The number of hydrogen-bond donors (Lipinski definition) is 1. The first kappa shape index (κ1) is 12.5. The molecule has 0 saturated heterocycles.